The molecule has 0 radical (unpaired) electrons. The lowest BCUT2D eigenvalue weighted by Gasteiger charge is -2.16. The van der Waals surface area contributed by atoms with Gasteiger partial charge >= 0.3 is 5.97 Å². The number of hydrogen-bond donors (Lipinski definition) is 2. The number of benzene rings is 1. The van der Waals surface area contributed by atoms with Crippen LogP contribution in [0.15, 0.2) is 24.3 Å². The first-order valence-corrected chi connectivity index (χ1v) is 8.13. The molecule has 1 heterocycles. The first-order valence-electron chi connectivity index (χ1n) is 7.31. The maximum atomic E-state index is 11.3. The highest BCUT2D eigenvalue weighted by atomic mass is 32.1. The van der Waals surface area contributed by atoms with Gasteiger partial charge in [0.1, 0.15) is 4.88 Å². The maximum absolute atomic E-state index is 11.3. The summed E-state index contributed by atoms with van der Waals surface area (Å²) in [5.41, 5.74) is 4.14. The van der Waals surface area contributed by atoms with Crippen molar-refractivity contribution in [3.63, 3.8) is 0 Å². The molecule has 3 rings (SSSR count). The normalized spacial score (nSPS) is 13.5. The minimum absolute atomic E-state index is 0.169. The first-order chi connectivity index (χ1) is 10.5. The number of amides is 1. The number of carboxylic acids is 1. The molecule has 0 aliphatic heterocycles. The van der Waals surface area contributed by atoms with Gasteiger partial charge in [-0.25, -0.2) is 4.79 Å². The molecule has 5 heteroatoms. The van der Waals surface area contributed by atoms with Crippen LogP contribution in [-0.2, 0) is 17.6 Å². The molecule has 2 N–H and O–H groups in total. The lowest BCUT2D eigenvalue weighted by atomic mass is 9.90. The molecule has 0 saturated heterocycles. The summed E-state index contributed by atoms with van der Waals surface area (Å²) in [5.74, 6) is -1.28. The molecule has 22 heavy (non-hydrogen) atoms. The second-order valence-corrected chi connectivity index (χ2v) is 6.58. The number of hydrogen-bond acceptors (Lipinski definition) is 3. The molecular weight excluding hydrogens is 298 g/mol. The lowest BCUT2D eigenvalue weighted by Crippen LogP contribution is -2.08. The van der Waals surface area contributed by atoms with Gasteiger partial charge in [-0.05, 0) is 48.4 Å². The standard InChI is InChI=1S/C17H17NO3S/c1-10(19)18-14-9-15(22-16(14)17(20)21)13-7-6-11-4-2-3-5-12(11)8-13/h6-9H,2-5H2,1H3,(H,18,19)(H,20,21). The molecule has 114 valence electrons. The maximum Gasteiger partial charge on any atom is 0.348 e. The largest absolute Gasteiger partial charge is 0.477 e. The van der Waals surface area contributed by atoms with Crippen LogP contribution in [0.25, 0.3) is 10.4 Å². The molecule has 2 aromatic rings. The number of carbonyl (C=O) groups is 2. The fourth-order valence-electron chi connectivity index (χ4n) is 2.86. The van der Waals surface area contributed by atoms with E-state index in [9.17, 15) is 14.7 Å². The van der Waals surface area contributed by atoms with Crippen molar-refractivity contribution in [3.8, 4) is 10.4 Å². The van der Waals surface area contributed by atoms with E-state index in [1.165, 1.54) is 42.2 Å². The smallest absolute Gasteiger partial charge is 0.348 e. The van der Waals surface area contributed by atoms with E-state index in [1.54, 1.807) is 6.07 Å². The highest BCUT2D eigenvalue weighted by Gasteiger charge is 2.18. The van der Waals surface area contributed by atoms with Gasteiger partial charge < -0.3 is 10.4 Å². The van der Waals surface area contributed by atoms with Gasteiger partial charge in [0.25, 0.3) is 0 Å². The Hall–Kier alpha value is -2.14. The van der Waals surface area contributed by atoms with E-state index in [1.807, 2.05) is 6.07 Å². The molecule has 1 aliphatic rings. The number of aromatic carboxylic acids is 1. The quantitative estimate of drug-likeness (QED) is 0.901. The first kappa shape index (κ1) is 14.8. The Morgan fingerprint density at radius 2 is 1.86 bits per heavy atom. The molecule has 0 unspecified atom stereocenters. The number of carbonyl (C=O) groups excluding carboxylic acids is 1. The van der Waals surface area contributed by atoms with Crippen molar-refractivity contribution in [2.24, 2.45) is 0 Å². The Kier molecular flexibility index (Phi) is 3.98. The van der Waals surface area contributed by atoms with Crippen molar-refractivity contribution in [2.45, 2.75) is 32.6 Å². The summed E-state index contributed by atoms with van der Waals surface area (Å²) in [4.78, 5) is 23.6. The van der Waals surface area contributed by atoms with Crippen LogP contribution in [-0.4, -0.2) is 17.0 Å². The monoisotopic (exact) mass is 315 g/mol. The Morgan fingerprint density at radius 3 is 2.55 bits per heavy atom. The van der Waals surface area contributed by atoms with Crippen molar-refractivity contribution < 1.29 is 14.7 Å². The summed E-state index contributed by atoms with van der Waals surface area (Å²) in [6.07, 6.45) is 4.65. The molecule has 4 nitrogen and oxygen atoms in total. The van der Waals surface area contributed by atoms with Crippen molar-refractivity contribution >= 4 is 28.9 Å². The van der Waals surface area contributed by atoms with Crippen LogP contribution in [0.5, 0.6) is 0 Å². The van der Waals surface area contributed by atoms with E-state index in [4.69, 9.17) is 0 Å². The summed E-state index contributed by atoms with van der Waals surface area (Å²) in [6.45, 7) is 1.38. The van der Waals surface area contributed by atoms with Crippen molar-refractivity contribution in [1.82, 2.24) is 0 Å². The average Bonchev–Trinajstić information content (AvgIpc) is 2.90. The molecule has 0 fully saturated rings. The summed E-state index contributed by atoms with van der Waals surface area (Å²) in [7, 11) is 0. The Bertz CT molecular complexity index is 748. The Morgan fingerprint density at radius 1 is 1.14 bits per heavy atom. The van der Waals surface area contributed by atoms with Crippen LogP contribution in [0.1, 0.15) is 40.6 Å². The molecule has 0 bridgehead atoms. The van der Waals surface area contributed by atoms with Crippen LogP contribution in [0.2, 0.25) is 0 Å². The third-order valence-electron chi connectivity index (χ3n) is 3.87. The van der Waals surface area contributed by atoms with Gasteiger partial charge in [0, 0.05) is 11.8 Å². The van der Waals surface area contributed by atoms with Gasteiger partial charge in [0.05, 0.1) is 5.69 Å². The zero-order valence-corrected chi connectivity index (χ0v) is 13.1. The zero-order chi connectivity index (χ0) is 15.7. The summed E-state index contributed by atoms with van der Waals surface area (Å²) >= 11 is 1.20. The van der Waals surface area contributed by atoms with E-state index in [0.717, 1.165) is 23.3 Å². The number of nitrogens with one attached hydrogen (secondary N) is 1. The predicted octanol–water partition coefficient (Wildman–Crippen LogP) is 3.95. The molecular formula is C17H17NO3S. The molecule has 1 amide bonds. The highest BCUT2D eigenvalue weighted by Crippen LogP contribution is 2.36. The van der Waals surface area contributed by atoms with Gasteiger partial charge in [0.15, 0.2) is 0 Å². The predicted molar refractivity (Wildman–Crippen MR) is 87.7 cm³/mol. The number of rotatable bonds is 3. The average molecular weight is 315 g/mol. The number of anilines is 1. The summed E-state index contributed by atoms with van der Waals surface area (Å²) < 4.78 is 0. The SMILES string of the molecule is CC(=O)Nc1cc(-c2ccc3c(c2)CCCC3)sc1C(=O)O. The van der Waals surface area contributed by atoms with Crippen molar-refractivity contribution in [1.29, 1.82) is 0 Å². The summed E-state index contributed by atoms with van der Waals surface area (Å²) in [6, 6.07) is 8.09. The third kappa shape index (κ3) is 2.90. The number of thiophene rings is 1. The van der Waals surface area contributed by atoms with Crippen molar-refractivity contribution in [2.75, 3.05) is 5.32 Å². The Balaban J connectivity index is 2.01. The van der Waals surface area contributed by atoms with Gasteiger partial charge in [-0.1, -0.05) is 18.2 Å². The third-order valence-corrected chi connectivity index (χ3v) is 5.04. The lowest BCUT2D eigenvalue weighted by molar-refractivity contribution is -0.114. The van der Waals surface area contributed by atoms with E-state index in [2.05, 4.69) is 17.4 Å². The summed E-state index contributed by atoms with van der Waals surface area (Å²) in [5, 5.41) is 11.9. The minimum Gasteiger partial charge on any atom is -0.477 e. The van der Waals surface area contributed by atoms with E-state index in [0.29, 0.717) is 5.69 Å². The molecule has 1 aromatic carbocycles. The van der Waals surface area contributed by atoms with Gasteiger partial charge in [-0.2, -0.15) is 0 Å². The van der Waals surface area contributed by atoms with Gasteiger partial charge in [-0.3, -0.25) is 4.79 Å². The Labute approximate surface area is 132 Å². The zero-order valence-electron chi connectivity index (χ0n) is 12.3. The second-order valence-electron chi connectivity index (χ2n) is 5.53. The van der Waals surface area contributed by atoms with Gasteiger partial charge in [-0.15, -0.1) is 11.3 Å². The van der Waals surface area contributed by atoms with Crippen LogP contribution in [0.3, 0.4) is 0 Å². The number of aryl methyl sites for hydroxylation is 2. The highest BCUT2D eigenvalue weighted by molar-refractivity contribution is 7.18. The second kappa shape index (κ2) is 5.93. The van der Waals surface area contributed by atoms with Crippen LogP contribution >= 0.6 is 11.3 Å². The minimum atomic E-state index is -1.02. The van der Waals surface area contributed by atoms with Crippen molar-refractivity contribution in [3.05, 3.63) is 40.3 Å². The van der Waals surface area contributed by atoms with Crippen LogP contribution < -0.4 is 5.32 Å². The van der Waals surface area contributed by atoms with Crippen LogP contribution in [0.4, 0.5) is 5.69 Å². The van der Waals surface area contributed by atoms with E-state index < -0.39 is 5.97 Å². The van der Waals surface area contributed by atoms with Crippen LogP contribution in [0, 0.1) is 0 Å². The molecule has 0 atom stereocenters. The molecule has 0 spiro atoms. The van der Waals surface area contributed by atoms with E-state index >= 15 is 0 Å². The number of carboxylic acid groups (broad SMARTS) is 1. The van der Waals surface area contributed by atoms with Gasteiger partial charge in [0.2, 0.25) is 5.91 Å². The molecule has 1 aliphatic carbocycles. The molecule has 1 aromatic heterocycles. The molecule has 0 saturated carbocycles. The fraction of sp³-hybridized carbons (Fsp3) is 0.294. The fourth-order valence-corrected chi connectivity index (χ4v) is 3.81. The topological polar surface area (TPSA) is 66.4 Å². The van der Waals surface area contributed by atoms with E-state index in [-0.39, 0.29) is 10.8 Å². The number of fused-ring (bicyclic) bond motifs is 1.